The molecule has 0 bridgehead atoms. The van der Waals surface area contributed by atoms with E-state index in [2.05, 4.69) is 14.9 Å². The standard InChI is InChI=1S/C27H24N6O5S/c1-31(2)18-11-9-17(10-12-18)28-25(35)24(22-16-39-30-29-22)32(14-19-6-5-13-38-19)23(34)15-33-26(36)20-7-3-4-8-21(20)27(33)37/h3-13,16,24H,14-15H2,1-2H3,(H,28,35). The number of carbonyl (C=O) groups is 4. The van der Waals surface area contributed by atoms with E-state index in [4.69, 9.17) is 4.42 Å². The van der Waals surface area contributed by atoms with Crippen LogP contribution in [0.2, 0.25) is 0 Å². The first-order valence-corrected chi connectivity index (χ1v) is 12.8. The zero-order valence-corrected chi connectivity index (χ0v) is 21.9. The number of fused-ring (bicyclic) bond motifs is 1. The molecule has 0 radical (unpaired) electrons. The number of aromatic nitrogens is 2. The number of carbonyl (C=O) groups excluding carboxylic acids is 4. The van der Waals surface area contributed by atoms with E-state index in [0.717, 1.165) is 22.1 Å². The van der Waals surface area contributed by atoms with Crippen LogP contribution < -0.4 is 10.2 Å². The van der Waals surface area contributed by atoms with Gasteiger partial charge in [0.05, 0.1) is 23.9 Å². The molecule has 1 unspecified atom stereocenters. The Kier molecular flexibility index (Phi) is 7.19. The monoisotopic (exact) mass is 544 g/mol. The molecule has 11 nitrogen and oxygen atoms in total. The molecule has 1 aliphatic rings. The normalized spacial score (nSPS) is 13.2. The van der Waals surface area contributed by atoms with Gasteiger partial charge in [0.2, 0.25) is 5.91 Å². The summed E-state index contributed by atoms with van der Waals surface area (Å²) in [4.78, 5) is 57.4. The van der Waals surface area contributed by atoms with Gasteiger partial charge in [0, 0.05) is 30.9 Å². The lowest BCUT2D eigenvalue weighted by atomic mass is 10.1. The molecule has 1 aliphatic heterocycles. The Hall–Kier alpha value is -4.84. The number of imide groups is 1. The molecule has 2 aromatic carbocycles. The first-order chi connectivity index (χ1) is 18.8. The molecule has 39 heavy (non-hydrogen) atoms. The van der Waals surface area contributed by atoms with Crippen molar-refractivity contribution in [3.8, 4) is 0 Å². The van der Waals surface area contributed by atoms with Crippen molar-refractivity contribution >= 4 is 46.5 Å². The maximum absolute atomic E-state index is 13.8. The van der Waals surface area contributed by atoms with E-state index in [0.29, 0.717) is 11.4 Å². The lowest BCUT2D eigenvalue weighted by Gasteiger charge is -2.30. The molecule has 3 heterocycles. The quantitative estimate of drug-likeness (QED) is 0.318. The lowest BCUT2D eigenvalue weighted by molar-refractivity contribution is -0.140. The van der Waals surface area contributed by atoms with Crippen molar-refractivity contribution in [2.75, 3.05) is 30.9 Å². The summed E-state index contributed by atoms with van der Waals surface area (Å²) in [6.45, 7) is -0.671. The average molecular weight is 545 g/mol. The summed E-state index contributed by atoms with van der Waals surface area (Å²) < 4.78 is 9.35. The second kappa shape index (κ2) is 10.9. The summed E-state index contributed by atoms with van der Waals surface area (Å²) in [6, 6.07) is 15.7. The van der Waals surface area contributed by atoms with E-state index >= 15 is 0 Å². The molecule has 1 N–H and O–H groups in total. The van der Waals surface area contributed by atoms with Crippen molar-refractivity contribution in [1.82, 2.24) is 19.4 Å². The van der Waals surface area contributed by atoms with Gasteiger partial charge in [-0.3, -0.25) is 24.1 Å². The minimum Gasteiger partial charge on any atom is -0.467 e. The van der Waals surface area contributed by atoms with Crippen molar-refractivity contribution in [3.05, 3.63) is 94.9 Å². The van der Waals surface area contributed by atoms with E-state index in [1.165, 1.54) is 11.2 Å². The van der Waals surface area contributed by atoms with E-state index in [1.807, 2.05) is 31.1 Å². The van der Waals surface area contributed by atoms with Crippen molar-refractivity contribution in [1.29, 1.82) is 0 Å². The highest BCUT2D eigenvalue weighted by Crippen LogP contribution is 2.28. The Bertz CT molecular complexity index is 1470. The third-order valence-corrected chi connectivity index (χ3v) is 6.79. The molecule has 12 heteroatoms. The molecule has 2 aromatic heterocycles. The van der Waals surface area contributed by atoms with E-state index in [-0.39, 0.29) is 23.4 Å². The fourth-order valence-corrected chi connectivity index (χ4v) is 4.76. The predicted molar refractivity (Wildman–Crippen MR) is 143 cm³/mol. The van der Waals surface area contributed by atoms with E-state index in [9.17, 15) is 19.2 Å². The van der Waals surface area contributed by atoms with Crippen LogP contribution in [0.5, 0.6) is 0 Å². The molecule has 1 atom stereocenters. The molecule has 5 rings (SSSR count). The predicted octanol–water partition coefficient (Wildman–Crippen LogP) is 3.20. The number of anilines is 2. The molecule has 0 saturated carbocycles. The van der Waals surface area contributed by atoms with Gasteiger partial charge < -0.3 is 19.5 Å². The largest absolute Gasteiger partial charge is 0.467 e. The van der Waals surface area contributed by atoms with Gasteiger partial charge in [-0.25, -0.2) is 0 Å². The summed E-state index contributed by atoms with van der Waals surface area (Å²) in [6.07, 6.45) is 1.45. The highest BCUT2D eigenvalue weighted by Gasteiger charge is 2.40. The Morgan fingerprint density at radius 1 is 1.00 bits per heavy atom. The average Bonchev–Trinajstić information content (AvgIpc) is 3.69. The Balaban J connectivity index is 1.45. The number of nitrogens with one attached hydrogen (secondary N) is 1. The number of benzene rings is 2. The van der Waals surface area contributed by atoms with Gasteiger partial charge >= 0.3 is 0 Å². The molecule has 198 valence electrons. The van der Waals surface area contributed by atoms with Crippen molar-refractivity contribution in [2.45, 2.75) is 12.6 Å². The third kappa shape index (κ3) is 5.27. The lowest BCUT2D eigenvalue weighted by Crippen LogP contribution is -2.46. The molecule has 0 spiro atoms. The van der Waals surface area contributed by atoms with Crippen LogP contribution >= 0.6 is 11.5 Å². The Labute approximate surface area is 227 Å². The first-order valence-electron chi connectivity index (χ1n) is 12.0. The van der Waals surface area contributed by atoms with Crippen LogP contribution in [0.3, 0.4) is 0 Å². The van der Waals surface area contributed by atoms with Crippen molar-refractivity contribution < 1.29 is 23.6 Å². The number of nitrogens with zero attached hydrogens (tertiary/aromatic N) is 5. The zero-order chi connectivity index (χ0) is 27.5. The van der Waals surface area contributed by atoms with Crippen LogP contribution in [-0.4, -0.2) is 63.7 Å². The smallest absolute Gasteiger partial charge is 0.262 e. The van der Waals surface area contributed by atoms with Crippen LogP contribution in [0.1, 0.15) is 38.2 Å². The fraction of sp³-hybridized carbons (Fsp3) is 0.185. The van der Waals surface area contributed by atoms with Gasteiger partial charge in [-0.1, -0.05) is 16.6 Å². The second-order valence-corrected chi connectivity index (χ2v) is 9.62. The number of hydrogen-bond acceptors (Lipinski definition) is 9. The molecular formula is C27H24N6O5S. The summed E-state index contributed by atoms with van der Waals surface area (Å²) in [5, 5.41) is 8.49. The number of hydrogen-bond donors (Lipinski definition) is 1. The molecule has 4 aromatic rings. The highest BCUT2D eigenvalue weighted by molar-refractivity contribution is 7.03. The molecule has 4 amide bonds. The Morgan fingerprint density at radius 2 is 1.69 bits per heavy atom. The molecule has 0 aliphatic carbocycles. The fourth-order valence-electron chi connectivity index (χ4n) is 4.28. The minimum atomic E-state index is -1.22. The maximum Gasteiger partial charge on any atom is 0.262 e. The van der Waals surface area contributed by atoms with E-state index < -0.39 is 36.2 Å². The van der Waals surface area contributed by atoms with Gasteiger partial charge in [0.15, 0.2) is 6.04 Å². The summed E-state index contributed by atoms with van der Waals surface area (Å²) in [5.41, 5.74) is 2.16. The van der Waals surface area contributed by atoms with Gasteiger partial charge in [0.25, 0.3) is 17.7 Å². The maximum atomic E-state index is 13.8. The zero-order valence-electron chi connectivity index (χ0n) is 21.1. The van der Waals surface area contributed by atoms with E-state index in [1.54, 1.807) is 53.9 Å². The van der Waals surface area contributed by atoms with Crippen molar-refractivity contribution in [2.24, 2.45) is 0 Å². The summed E-state index contributed by atoms with van der Waals surface area (Å²) in [5.74, 6) is -1.92. The van der Waals surface area contributed by atoms with Gasteiger partial charge in [0.1, 0.15) is 18.0 Å². The second-order valence-electron chi connectivity index (χ2n) is 9.01. The highest BCUT2D eigenvalue weighted by atomic mass is 32.1. The molecular weight excluding hydrogens is 520 g/mol. The van der Waals surface area contributed by atoms with Crippen LogP contribution in [0, 0.1) is 0 Å². The topological polar surface area (TPSA) is 129 Å². The Morgan fingerprint density at radius 3 is 2.26 bits per heavy atom. The van der Waals surface area contributed by atoms with Crippen LogP contribution in [0.25, 0.3) is 0 Å². The van der Waals surface area contributed by atoms with Crippen LogP contribution in [0.15, 0.2) is 76.7 Å². The van der Waals surface area contributed by atoms with Gasteiger partial charge in [-0.05, 0) is 60.1 Å². The number of rotatable bonds is 9. The number of furan rings is 1. The van der Waals surface area contributed by atoms with Crippen molar-refractivity contribution in [3.63, 3.8) is 0 Å². The van der Waals surface area contributed by atoms with Crippen LogP contribution in [-0.2, 0) is 16.1 Å². The van der Waals surface area contributed by atoms with Gasteiger partial charge in [-0.2, -0.15) is 0 Å². The molecule has 0 saturated heterocycles. The first kappa shape index (κ1) is 25.8. The summed E-state index contributed by atoms with van der Waals surface area (Å²) >= 11 is 1.03. The summed E-state index contributed by atoms with van der Waals surface area (Å²) in [7, 11) is 3.82. The van der Waals surface area contributed by atoms with Crippen LogP contribution in [0.4, 0.5) is 11.4 Å². The number of amides is 4. The SMILES string of the molecule is CN(C)c1ccc(NC(=O)C(c2csnn2)N(Cc2ccco2)C(=O)CN2C(=O)c3ccccc3C2=O)cc1. The molecule has 0 fully saturated rings. The van der Waals surface area contributed by atoms with Gasteiger partial charge in [-0.15, -0.1) is 5.10 Å². The minimum absolute atomic E-state index is 0.107. The third-order valence-electron chi connectivity index (χ3n) is 6.27.